The first-order valence-corrected chi connectivity index (χ1v) is 8.57. The first-order chi connectivity index (χ1) is 12.3. The Labute approximate surface area is 160 Å². The third-order valence-electron chi connectivity index (χ3n) is 4.17. The lowest BCUT2D eigenvalue weighted by Gasteiger charge is -2.06. The molecule has 0 radical (unpaired) electrons. The molecule has 0 saturated heterocycles. The summed E-state index contributed by atoms with van der Waals surface area (Å²) >= 11 is 12.2. The maximum absolute atomic E-state index is 11.8. The van der Waals surface area contributed by atoms with Crippen molar-refractivity contribution in [2.24, 2.45) is 0 Å². The molecule has 2 aromatic carbocycles. The highest BCUT2D eigenvalue weighted by atomic mass is 35.5. The monoisotopic (exact) mass is 387 g/mol. The maximum atomic E-state index is 11.8. The average molecular weight is 388 g/mol. The number of carbonyl (C=O) groups is 2. The number of halogens is 2. The molecule has 0 aliphatic heterocycles. The predicted molar refractivity (Wildman–Crippen MR) is 103 cm³/mol. The van der Waals surface area contributed by atoms with E-state index < -0.39 is 5.97 Å². The van der Waals surface area contributed by atoms with Crippen LogP contribution in [-0.2, 0) is 0 Å². The smallest absolute Gasteiger partial charge is 0.352 e. The van der Waals surface area contributed by atoms with Gasteiger partial charge in [0.15, 0.2) is 5.78 Å². The van der Waals surface area contributed by atoms with Crippen molar-refractivity contribution >= 4 is 35.0 Å². The van der Waals surface area contributed by atoms with E-state index in [4.69, 9.17) is 23.2 Å². The highest BCUT2D eigenvalue weighted by molar-refractivity contribution is 6.35. The number of aromatic carboxylic acids is 1. The van der Waals surface area contributed by atoms with E-state index in [0.717, 1.165) is 11.1 Å². The Kier molecular flexibility index (Phi) is 4.90. The van der Waals surface area contributed by atoms with E-state index >= 15 is 0 Å². The number of carboxylic acids is 1. The molecule has 0 fully saturated rings. The molecule has 3 rings (SSSR count). The molecule has 0 amide bonds. The molecule has 0 aliphatic carbocycles. The van der Waals surface area contributed by atoms with Gasteiger partial charge in [-0.1, -0.05) is 41.4 Å². The Balaban J connectivity index is 2.26. The summed E-state index contributed by atoms with van der Waals surface area (Å²) < 4.78 is 0. The zero-order chi connectivity index (χ0) is 19.0. The number of Topliss-reactive ketones (excluding diaryl/α,β-unsaturated/α-hetero) is 1. The normalized spacial score (nSPS) is 10.8. The SMILES string of the molecule is CC(=O)c1cccc(-c2[nH]c(C(=O)O)c(-c3cc(Cl)cc(Cl)c3)c2C)c1. The lowest BCUT2D eigenvalue weighted by Crippen LogP contribution is -1.99. The first-order valence-electron chi connectivity index (χ1n) is 7.81. The molecule has 132 valence electrons. The standard InChI is InChI=1S/C20H15Cl2NO3/c1-10-17(14-7-15(21)9-16(22)8-14)19(20(25)26)23-18(10)13-5-3-4-12(6-13)11(2)24/h3-9,23H,1-2H3,(H,25,26). The minimum Gasteiger partial charge on any atom is -0.477 e. The largest absolute Gasteiger partial charge is 0.477 e. The van der Waals surface area contributed by atoms with Crippen LogP contribution in [0.15, 0.2) is 42.5 Å². The van der Waals surface area contributed by atoms with Crippen molar-refractivity contribution in [1.82, 2.24) is 4.98 Å². The molecule has 6 heteroatoms. The Morgan fingerprint density at radius 2 is 1.65 bits per heavy atom. The zero-order valence-electron chi connectivity index (χ0n) is 14.1. The Bertz CT molecular complexity index is 1020. The summed E-state index contributed by atoms with van der Waals surface area (Å²) in [6.07, 6.45) is 0. The van der Waals surface area contributed by atoms with Crippen LogP contribution in [0.4, 0.5) is 0 Å². The number of benzene rings is 2. The summed E-state index contributed by atoms with van der Waals surface area (Å²) in [5, 5.41) is 10.5. The second kappa shape index (κ2) is 6.98. The van der Waals surface area contributed by atoms with Crippen LogP contribution >= 0.6 is 23.2 Å². The lowest BCUT2D eigenvalue weighted by molar-refractivity contribution is 0.0692. The van der Waals surface area contributed by atoms with Crippen molar-refractivity contribution in [1.29, 1.82) is 0 Å². The number of hydrogen-bond acceptors (Lipinski definition) is 2. The number of aromatic amines is 1. The van der Waals surface area contributed by atoms with Gasteiger partial charge < -0.3 is 10.1 Å². The number of H-pyrrole nitrogens is 1. The third kappa shape index (κ3) is 3.39. The first kappa shape index (κ1) is 18.2. The van der Waals surface area contributed by atoms with Gasteiger partial charge in [-0.05, 0) is 54.8 Å². The quantitative estimate of drug-likeness (QED) is 0.550. The number of carbonyl (C=O) groups excluding carboxylic acids is 1. The summed E-state index contributed by atoms with van der Waals surface area (Å²) in [5.74, 6) is -1.15. The summed E-state index contributed by atoms with van der Waals surface area (Å²) in [6.45, 7) is 3.31. The van der Waals surface area contributed by atoms with Crippen LogP contribution in [0, 0.1) is 6.92 Å². The highest BCUT2D eigenvalue weighted by Gasteiger charge is 2.22. The van der Waals surface area contributed by atoms with Crippen LogP contribution in [0.1, 0.15) is 33.3 Å². The molecule has 1 aromatic heterocycles. The second-order valence-corrected chi connectivity index (χ2v) is 6.85. The lowest BCUT2D eigenvalue weighted by atomic mass is 9.98. The molecule has 3 aromatic rings. The minimum atomic E-state index is -1.09. The Morgan fingerprint density at radius 1 is 1.00 bits per heavy atom. The van der Waals surface area contributed by atoms with Gasteiger partial charge in [-0.15, -0.1) is 0 Å². The molecule has 0 unspecified atom stereocenters. The molecule has 4 nitrogen and oxygen atoms in total. The van der Waals surface area contributed by atoms with Gasteiger partial charge in [0, 0.05) is 26.9 Å². The molecule has 0 spiro atoms. The van der Waals surface area contributed by atoms with E-state index in [0.29, 0.717) is 32.4 Å². The van der Waals surface area contributed by atoms with E-state index in [1.165, 1.54) is 6.92 Å². The van der Waals surface area contributed by atoms with Gasteiger partial charge in [-0.2, -0.15) is 0 Å². The average Bonchev–Trinajstić information content (AvgIpc) is 2.91. The van der Waals surface area contributed by atoms with Crippen LogP contribution in [0.2, 0.25) is 10.0 Å². The van der Waals surface area contributed by atoms with Crippen molar-refractivity contribution in [3.05, 3.63) is 69.3 Å². The molecular formula is C20H15Cl2NO3. The zero-order valence-corrected chi connectivity index (χ0v) is 15.6. The number of carboxylic acid groups (broad SMARTS) is 1. The van der Waals surface area contributed by atoms with Crippen LogP contribution in [0.25, 0.3) is 22.4 Å². The Morgan fingerprint density at radius 3 is 2.23 bits per heavy atom. The Hall–Kier alpha value is -2.56. The maximum Gasteiger partial charge on any atom is 0.352 e. The molecular weight excluding hydrogens is 373 g/mol. The molecule has 26 heavy (non-hydrogen) atoms. The molecule has 0 bridgehead atoms. The number of rotatable bonds is 4. The van der Waals surface area contributed by atoms with Crippen LogP contribution < -0.4 is 0 Å². The van der Waals surface area contributed by atoms with Crippen molar-refractivity contribution in [3.63, 3.8) is 0 Å². The van der Waals surface area contributed by atoms with Crippen molar-refractivity contribution < 1.29 is 14.7 Å². The summed E-state index contributed by atoms with van der Waals surface area (Å²) in [4.78, 5) is 26.4. The van der Waals surface area contributed by atoms with Gasteiger partial charge in [0.25, 0.3) is 0 Å². The minimum absolute atomic E-state index is 0.0454. The summed E-state index contributed by atoms with van der Waals surface area (Å²) in [6, 6.07) is 12.0. The molecule has 0 aliphatic rings. The van der Waals surface area contributed by atoms with Crippen LogP contribution in [0.3, 0.4) is 0 Å². The number of aromatic nitrogens is 1. The van der Waals surface area contributed by atoms with Crippen molar-refractivity contribution in [3.8, 4) is 22.4 Å². The van der Waals surface area contributed by atoms with E-state index in [1.54, 1.807) is 36.4 Å². The predicted octanol–water partition coefficient (Wildman–Crippen LogP) is 5.86. The van der Waals surface area contributed by atoms with Gasteiger partial charge in [0.2, 0.25) is 0 Å². The van der Waals surface area contributed by atoms with Gasteiger partial charge in [0.05, 0.1) is 0 Å². The van der Waals surface area contributed by atoms with Crippen molar-refractivity contribution in [2.75, 3.05) is 0 Å². The highest BCUT2D eigenvalue weighted by Crippen LogP contribution is 2.37. The second-order valence-electron chi connectivity index (χ2n) is 5.98. The molecule has 0 saturated carbocycles. The van der Waals surface area contributed by atoms with E-state index in [1.807, 2.05) is 13.0 Å². The van der Waals surface area contributed by atoms with Gasteiger partial charge in [-0.3, -0.25) is 4.79 Å². The third-order valence-corrected chi connectivity index (χ3v) is 4.61. The molecule has 1 heterocycles. The van der Waals surface area contributed by atoms with Gasteiger partial charge in [0.1, 0.15) is 5.69 Å². The molecule has 0 atom stereocenters. The van der Waals surface area contributed by atoms with E-state index in [9.17, 15) is 14.7 Å². The summed E-state index contributed by atoms with van der Waals surface area (Å²) in [5.41, 5.74) is 3.84. The van der Waals surface area contributed by atoms with Gasteiger partial charge >= 0.3 is 5.97 Å². The number of hydrogen-bond donors (Lipinski definition) is 2. The topological polar surface area (TPSA) is 70.2 Å². The van der Waals surface area contributed by atoms with E-state index in [-0.39, 0.29) is 11.5 Å². The fourth-order valence-corrected chi connectivity index (χ4v) is 3.52. The van der Waals surface area contributed by atoms with Crippen molar-refractivity contribution in [2.45, 2.75) is 13.8 Å². The number of nitrogens with one attached hydrogen (secondary N) is 1. The van der Waals surface area contributed by atoms with Crippen LogP contribution in [0.5, 0.6) is 0 Å². The molecule has 2 N–H and O–H groups in total. The van der Waals surface area contributed by atoms with Crippen LogP contribution in [-0.4, -0.2) is 21.8 Å². The summed E-state index contributed by atoms with van der Waals surface area (Å²) in [7, 11) is 0. The fourth-order valence-electron chi connectivity index (χ4n) is 3.00. The fraction of sp³-hybridized carbons (Fsp3) is 0.100. The number of ketones is 1. The van der Waals surface area contributed by atoms with E-state index in [2.05, 4.69) is 4.98 Å². The van der Waals surface area contributed by atoms with Gasteiger partial charge in [-0.25, -0.2) is 4.79 Å².